The van der Waals surface area contributed by atoms with E-state index in [-0.39, 0.29) is 11.6 Å². The van der Waals surface area contributed by atoms with Crippen LogP contribution in [0.25, 0.3) is 22.4 Å². The Kier molecular flexibility index (Phi) is 2.72. The predicted molar refractivity (Wildman–Crippen MR) is 74.9 cm³/mol. The van der Waals surface area contributed by atoms with Gasteiger partial charge >= 0.3 is 0 Å². The Hall–Kier alpha value is -3.09. The van der Waals surface area contributed by atoms with Crippen molar-refractivity contribution in [3.8, 4) is 28.1 Å². The van der Waals surface area contributed by atoms with Crippen molar-refractivity contribution in [3.05, 3.63) is 42.7 Å². The predicted octanol–water partition coefficient (Wildman–Crippen LogP) is 1.01. The van der Waals surface area contributed by atoms with E-state index in [1.807, 2.05) is 6.07 Å². The fraction of sp³-hybridized carbons (Fsp3) is 0. The molecule has 0 unspecified atom stereocenters. The molecule has 0 atom stereocenters. The van der Waals surface area contributed by atoms with Crippen LogP contribution in [-0.4, -0.2) is 25.2 Å². The van der Waals surface area contributed by atoms with E-state index < -0.39 is 0 Å². The number of aromatic nitrogens is 4. The molecule has 0 aliphatic rings. The van der Waals surface area contributed by atoms with Gasteiger partial charge < -0.3 is 16.7 Å². The molecule has 0 aliphatic heterocycles. The largest absolute Gasteiger partial charge is 0.507 e. The number of nitrogens with zero attached hydrogens (tertiary/aromatic N) is 4. The summed E-state index contributed by atoms with van der Waals surface area (Å²) in [5, 5.41) is 21.7. The first-order valence-corrected chi connectivity index (χ1v) is 5.87. The minimum Gasteiger partial charge on any atom is -0.507 e. The van der Waals surface area contributed by atoms with Crippen LogP contribution in [0.2, 0.25) is 0 Å². The SMILES string of the molecule is Nc1nnc(-c2ccccc2O)cc1-c1cnn(N)c1. The molecule has 0 fully saturated rings. The Morgan fingerprint density at radius 3 is 2.60 bits per heavy atom. The van der Waals surface area contributed by atoms with E-state index in [9.17, 15) is 5.11 Å². The molecule has 7 nitrogen and oxygen atoms in total. The van der Waals surface area contributed by atoms with Crippen LogP contribution < -0.4 is 11.6 Å². The zero-order valence-corrected chi connectivity index (χ0v) is 10.4. The van der Waals surface area contributed by atoms with E-state index in [2.05, 4.69) is 15.3 Å². The van der Waals surface area contributed by atoms with Gasteiger partial charge in [-0.3, -0.25) is 0 Å². The van der Waals surface area contributed by atoms with Gasteiger partial charge in [0.25, 0.3) is 0 Å². The van der Waals surface area contributed by atoms with Crippen molar-refractivity contribution in [2.75, 3.05) is 11.6 Å². The number of para-hydroxylation sites is 1. The first kappa shape index (κ1) is 12.0. The smallest absolute Gasteiger partial charge is 0.154 e. The number of anilines is 1. The summed E-state index contributed by atoms with van der Waals surface area (Å²) >= 11 is 0. The molecule has 5 N–H and O–H groups in total. The number of nitrogen functional groups attached to an aromatic ring is 2. The highest BCUT2D eigenvalue weighted by molar-refractivity contribution is 5.78. The minimum absolute atomic E-state index is 0.132. The molecule has 2 heterocycles. The van der Waals surface area contributed by atoms with Gasteiger partial charge in [-0.05, 0) is 18.2 Å². The van der Waals surface area contributed by atoms with E-state index in [1.165, 1.54) is 4.79 Å². The summed E-state index contributed by atoms with van der Waals surface area (Å²) < 4.78 is 0. The third-order valence-electron chi connectivity index (χ3n) is 2.91. The van der Waals surface area contributed by atoms with Crippen molar-refractivity contribution in [3.63, 3.8) is 0 Å². The molecule has 0 saturated heterocycles. The maximum atomic E-state index is 9.86. The molecule has 0 radical (unpaired) electrons. The van der Waals surface area contributed by atoms with Gasteiger partial charge in [0, 0.05) is 16.7 Å². The Morgan fingerprint density at radius 2 is 1.90 bits per heavy atom. The molecule has 0 aliphatic carbocycles. The summed E-state index contributed by atoms with van der Waals surface area (Å²) in [6.07, 6.45) is 3.21. The van der Waals surface area contributed by atoms with E-state index in [0.717, 1.165) is 5.56 Å². The van der Waals surface area contributed by atoms with Gasteiger partial charge in [0.1, 0.15) is 5.75 Å². The van der Waals surface area contributed by atoms with Gasteiger partial charge in [0.15, 0.2) is 5.82 Å². The third-order valence-corrected chi connectivity index (χ3v) is 2.91. The molecule has 7 heteroatoms. The standard InChI is InChI=1S/C13H12N6O/c14-13-10(8-6-16-19(15)7-8)5-11(17-18-13)9-3-1-2-4-12(9)20/h1-7,20H,15H2,(H2,14,18). The van der Waals surface area contributed by atoms with Crippen LogP contribution in [0.3, 0.4) is 0 Å². The van der Waals surface area contributed by atoms with Gasteiger partial charge in [-0.2, -0.15) is 9.89 Å². The molecule has 0 saturated carbocycles. The number of rotatable bonds is 2. The molecule has 3 rings (SSSR count). The van der Waals surface area contributed by atoms with Crippen molar-refractivity contribution in [1.29, 1.82) is 0 Å². The molecule has 0 spiro atoms. The Balaban J connectivity index is 2.14. The molecule has 0 bridgehead atoms. The Labute approximate surface area is 114 Å². The molecule has 100 valence electrons. The Morgan fingerprint density at radius 1 is 1.10 bits per heavy atom. The van der Waals surface area contributed by atoms with Crippen molar-refractivity contribution in [2.24, 2.45) is 0 Å². The molecule has 3 aromatic rings. The first-order chi connectivity index (χ1) is 9.65. The Bertz CT molecular complexity index is 767. The summed E-state index contributed by atoms with van der Waals surface area (Å²) in [6.45, 7) is 0. The van der Waals surface area contributed by atoms with Gasteiger partial charge in [-0.25, -0.2) is 0 Å². The molecular formula is C13H12N6O. The fourth-order valence-electron chi connectivity index (χ4n) is 1.93. The lowest BCUT2D eigenvalue weighted by Crippen LogP contribution is -2.07. The van der Waals surface area contributed by atoms with Crippen LogP contribution in [0.4, 0.5) is 5.82 Å². The highest BCUT2D eigenvalue weighted by Gasteiger charge is 2.12. The van der Waals surface area contributed by atoms with E-state index in [0.29, 0.717) is 16.8 Å². The highest BCUT2D eigenvalue weighted by Crippen LogP contribution is 2.31. The van der Waals surface area contributed by atoms with Gasteiger partial charge in [-0.1, -0.05) is 12.1 Å². The summed E-state index contributed by atoms with van der Waals surface area (Å²) in [5.74, 6) is 5.93. The monoisotopic (exact) mass is 268 g/mol. The average Bonchev–Trinajstić information content (AvgIpc) is 2.87. The number of phenolic OH excluding ortho intramolecular Hbond substituents is 1. The first-order valence-electron chi connectivity index (χ1n) is 5.87. The third kappa shape index (κ3) is 2.01. The highest BCUT2D eigenvalue weighted by atomic mass is 16.3. The molecule has 1 aromatic carbocycles. The van der Waals surface area contributed by atoms with Crippen LogP contribution in [0, 0.1) is 0 Å². The maximum absolute atomic E-state index is 9.86. The van der Waals surface area contributed by atoms with Crippen molar-refractivity contribution < 1.29 is 5.11 Å². The summed E-state index contributed by atoms with van der Waals surface area (Å²) in [4.78, 5) is 1.19. The van der Waals surface area contributed by atoms with E-state index >= 15 is 0 Å². The number of hydrogen-bond acceptors (Lipinski definition) is 6. The number of aromatic hydroxyl groups is 1. The number of phenols is 1. The topological polar surface area (TPSA) is 116 Å². The van der Waals surface area contributed by atoms with Crippen molar-refractivity contribution >= 4 is 5.82 Å². The van der Waals surface area contributed by atoms with Crippen molar-refractivity contribution in [1.82, 2.24) is 20.1 Å². The maximum Gasteiger partial charge on any atom is 0.154 e. The average molecular weight is 268 g/mol. The number of benzene rings is 1. The number of nitrogens with two attached hydrogens (primary N) is 2. The van der Waals surface area contributed by atoms with Crippen LogP contribution in [0.1, 0.15) is 0 Å². The second kappa shape index (κ2) is 4.54. The fourth-order valence-corrected chi connectivity index (χ4v) is 1.93. The van der Waals surface area contributed by atoms with Crippen LogP contribution in [0.15, 0.2) is 42.7 Å². The van der Waals surface area contributed by atoms with Crippen molar-refractivity contribution in [2.45, 2.75) is 0 Å². The van der Waals surface area contributed by atoms with Crippen LogP contribution >= 0.6 is 0 Å². The van der Waals surface area contributed by atoms with Gasteiger partial charge in [0.05, 0.1) is 18.1 Å². The summed E-state index contributed by atoms with van der Waals surface area (Å²) in [6, 6.07) is 8.64. The summed E-state index contributed by atoms with van der Waals surface area (Å²) in [7, 11) is 0. The lowest BCUT2D eigenvalue weighted by Gasteiger charge is -2.06. The van der Waals surface area contributed by atoms with Crippen LogP contribution in [0.5, 0.6) is 5.75 Å². The molecular weight excluding hydrogens is 256 g/mol. The molecule has 20 heavy (non-hydrogen) atoms. The lowest BCUT2D eigenvalue weighted by molar-refractivity contribution is 0.477. The van der Waals surface area contributed by atoms with Gasteiger partial charge in [0.2, 0.25) is 0 Å². The lowest BCUT2D eigenvalue weighted by atomic mass is 10.1. The molecule has 0 amide bonds. The normalized spacial score (nSPS) is 10.6. The second-order valence-corrected chi connectivity index (χ2v) is 4.25. The zero-order chi connectivity index (χ0) is 14.1. The van der Waals surface area contributed by atoms with E-state index in [4.69, 9.17) is 11.6 Å². The van der Waals surface area contributed by atoms with E-state index in [1.54, 1.807) is 36.7 Å². The number of hydrogen-bond donors (Lipinski definition) is 3. The zero-order valence-electron chi connectivity index (χ0n) is 10.4. The van der Waals surface area contributed by atoms with Gasteiger partial charge in [-0.15, -0.1) is 10.2 Å². The van der Waals surface area contributed by atoms with Crippen LogP contribution in [-0.2, 0) is 0 Å². The minimum atomic E-state index is 0.132. The molecule has 2 aromatic heterocycles. The second-order valence-electron chi connectivity index (χ2n) is 4.25. The quantitative estimate of drug-likeness (QED) is 0.597. The summed E-state index contributed by atoms with van der Waals surface area (Å²) in [5.41, 5.74) is 8.34.